The molecule has 2 fully saturated rings. The number of hydrogen-bond donors (Lipinski definition) is 0. The fraction of sp³-hybridized carbons (Fsp3) is 0.423. The molecule has 4 heterocycles. The van der Waals surface area contributed by atoms with Gasteiger partial charge in [-0.1, -0.05) is 42.8 Å². The van der Waals surface area contributed by atoms with Crippen molar-refractivity contribution < 1.29 is 4.74 Å². The molecule has 2 aliphatic rings. The minimum atomic E-state index is 0.245. The Balaban J connectivity index is 1.45. The molecule has 5 rings (SSSR count). The standard InChI is InChI=1S/C26H31ClN6O/c1-3-20-6-8-21(9-7-20)23-17-24(30-26(29-23)31-13-15-34-16-14-31)33-12-11-32(18-19(33)2)25-22(27)5-4-10-28-25/h4-10,17,19H,3,11-16,18H2,1-2H3. The minimum Gasteiger partial charge on any atom is -0.378 e. The van der Waals surface area contributed by atoms with E-state index in [1.54, 1.807) is 6.20 Å². The zero-order valence-electron chi connectivity index (χ0n) is 19.8. The van der Waals surface area contributed by atoms with E-state index in [-0.39, 0.29) is 6.04 Å². The number of anilines is 3. The second kappa shape index (κ2) is 10.2. The molecular weight excluding hydrogens is 448 g/mol. The maximum Gasteiger partial charge on any atom is 0.228 e. The molecule has 0 saturated carbocycles. The van der Waals surface area contributed by atoms with E-state index in [2.05, 4.69) is 63.9 Å². The molecular formula is C26H31ClN6O. The molecule has 3 aromatic rings. The highest BCUT2D eigenvalue weighted by molar-refractivity contribution is 6.32. The zero-order chi connectivity index (χ0) is 23.5. The molecule has 0 bridgehead atoms. The molecule has 0 radical (unpaired) electrons. The third-order valence-corrected chi connectivity index (χ3v) is 6.91. The zero-order valence-corrected chi connectivity index (χ0v) is 20.6. The highest BCUT2D eigenvalue weighted by Gasteiger charge is 2.28. The van der Waals surface area contributed by atoms with E-state index < -0.39 is 0 Å². The Hall–Kier alpha value is -2.90. The predicted octanol–water partition coefficient (Wildman–Crippen LogP) is 4.31. The lowest BCUT2D eigenvalue weighted by atomic mass is 10.1. The quantitative estimate of drug-likeness (QED) is 0.541. The van der Waals surface area contributed by atoms with E-state index in [1.165, 1.54) is 5.56 Å². The van der Waals surface area contributed by atoms with Crippen molar-refractivity contribution in [3.05, 3.63) is 59.2 Å². The van der Waals surface area contributed by atoms with Crippen LogP contribution in [0.3, 0.4) is 0 Å². The van der Waals surface area contributed by atoms with Crippen molar-refractivity contribution in [1.29, 1.82) is 0 Å². The van der Waals surface area contributed by atoms with Crippen LogP contribution in [0.1, 0.15) is 19.4 Å². The van der Waals surface area contributed by atoms with Crippen LogP contribution in [0.15, 0.2) is 48.7 Å². The van der Waals surface area contributed by atoms with E-state index in [0.717, 1.165) is 68.0 Å². The van der Waals surface area contributed by atoms with Gasteiger partial charge in [0, 0.05) is 56.6 Å². The fourth-order valence-corrected chi connectivity index (χ4v) is 4.87. The van der Waals surface area contributed by atoms with Crippen LogP contribution < -0.4 is 14.7 Å². The molecule has 2 saturated heterocycles. The number of morpholine rings is 1. The van der Waals surface area contributed by atoms with Crippen molar-refractivity contribution in [2.75, 3.05) is 60.6 Å². The summed E-state index contributed by atoms with van der Waals surface area (Å²) in [6.07, 6.45) is 2.82. The SMILES string of the molecule is CCc1ccc(-c2cc(N3CCN(c4ncccc4Cl)CC3C)nc(N3CCOCC3)n2)cc1. The molecule has 2 aromatic heterocycles. The molecule has 1 unspecified atom stereocenters. The van der Waals surface area contributed by atoms with E-state index in [9.17, 15) is 0 Å². The minimum absolute atomic E-state index is 0.245. The van der Waals surface area contributed by atoms with Gasteiger partial charge in [-0.3, -0.25) is 0 Å². The Bertz CT molecular complexity index is 1120. The Kier molecular flexibility index (Phi) is 6.83. The van der Waals surface area contributed by atoms with Gasteiger partial charge in [0.15, 0.2) is 0 Å². The Morgan fingerprint density at radius 1 is 1.00 bits per heavy atom. The third kappa shape index (κ3) is 4.81. The van der Waals surface area contributed by atoms with Gasteiger partial charge in [-0.15, -0.1) is 0 Å². The third-order valence-electron chi connectivity index (χ3n) is 6.61. The van der Waals surface area contributed by atoms with Gasteiger partial charge < -0.3 is 19.4 Å². The highest BCUT2D eigenvalue weighted by atomic mass is 35.5. The summed E-state index contributed by atoms with van der Waals surface area (Å²) in [5, 5.41) is 0.692. The maximum absolute atomic E-state index is 6.42. The van der Waals surface area contributed by atoms with Gasteiger partial charge in [-0.2, -0.15) is 4.98 Å². The Morgan fingerprint density at radius 3 is 2.50 bits per heavy atom. The van der Waals surface area contributed by atoms with E-state index in [1.807, 2.05) is 12.1 Å². The summed E-state index contributed by atoms with van der Waals surface area (Å²) >= 11 is 6.42. The maximum atomic E-state index is 6.42. The summed E-state index contributed by atoms with van der Waals surface area (Å²) in [6, 6.07) is 14.8. The van der Waals surface area contributed by atoms with Crippen LogP contribution in [0, 0.1) is 0 Å². The number of aryl methyl sites for hydroxylation is 1. The molecule has 7 nitrogen and oxygen atoms in total. The molecule has 8 heteroatoms. The number of pyridine rings is 1. The lowest BCUT2D eigenvalue weighted by Crippen LogP contribution is -2.53. The van der Waals surface area contributed by atoms with Crippen LogP contribution in [-0.4, -0.2) is 66.9 Å². The number of nitrogens with zero attached hydrogens (tertiary/aromatic N) is 6. The number of aromatic nitrogens is 3. The lowest BCUT2D eigenvalue weighted by molar-refractivity contribution is 0.122. The Labute approximate surface area is 206 Å². The van der Waals surface area contributed by atoms with Gasteiger partial charge in [0.25, 0.3) is 0 Å². The van der Waals surface area contributed by atoms with Crippen molar-refractivity contribution in [3.63, 3.8) is 0 Å². The van der Waals surface area contributed by atoms with Gasteiger partial charge in [0.05, 0.1) is 23.9 Å². The summed E-state index contributed by atoms with van der Waals surface area (Å²) in [5.41, 5.74) is 3.39. The lowest BCUT2D eigenvalue weighted by Gasteiger charge is -2.41. The van der Waals surface area contributed by atoms with Gasteiger partial charge >= 0.3 is 0 Å². The van der Waals surface area contributed by atoms with E-state index in [0.29, 0.717) is 18.2 Å². The number of piperazine rings is 1. The molecule has 34 heavy (non-hydrogen) atoms. The predicted molar refractivity (Wildman–Crippen MR) is 138 cm³/mol. The topological polar surface area (TPSA) is 57.6 Å². The first-order valence-corrected chi connectivity index (χ1v) is 12.4. The van der Waals surface area contributed by atoms with Crippen molar-refractivity contribution in [1.82, 2.24) is 15.0 Å². The average Bonchev–Trinajstić information content (AvgIpc) is 2.89. The van der Waals surface area contributed by atoms with Gasteiger partial charge in [0.2, 0.25) is 5.95 Å². The van der Waals surface area contributed by atoms with Crippen molar-refractivity contribution >= 4 is 29.2 Å². The number of rotatable bonds is 5. The van der Waals surface area contributed by atoms with E-state index in [4.69, 9.17) is 26.3 Å². The van der Waals surface area contributed by atoms with Crippen LogP contribution in [0.5, 0.6) is 0 Å². The van der Waals surface area contributed by atoms with Crippen molar-refractivity contribution in [2.24, 2.45) is 0 Å². The van der Waals surface area contributed by atoms with Gasteiger partial charge in [-0.25, -0.2) is 9.97 Å². The van der Waals surface area contributed by atoms with Crippen molar-refractivity contribution in [2.45, 2.75) is 26.3 Å². The summed E-state index contributed by atoms with van der Waals surface area (Å²) in [5.74, 6) is 2.59. The van der Waals surface area contributed by atoms with Gasteiger partial charge in [-0.05, 0) is 31.0 Å². The second-order valence-electron chi connectivity index (χ2n) is 8.86. The molecule has 0 N–H and O–H groups in total. The Morgan fingerprint density at radius 2 is 1.79 bits per heavy atom. The number of ether oxygens (including phenoxy) is 1. The van der Waals surface area contributed by atoms with Gasteiger partial charge in [0.1, 0.15) is 11.6 Å². The van der Waals surface area contributed by atoms with Crippen LogP contribution in [-0.2, 0) is 11.2 Å². The van der Waals surface area contributed by atoms with Crippen LogP contribution in [0.2, 0.25) is 5.02 Å². The number of hydrogen-bond acceptors (Lipinski definition) is 7. The van der Waals surface area contributed by atoms with Crippen LogP contribution in [0.25, 0.3) is 11.3 Å². The molecule has 1 atom stereocenters. The molecule has 2 aliphatic heterocycles. The first kappa shape index (κ1) is 22.9. The summed E-state index contributed by atoms with van der Waals surface area (Å²) in [4.78, 5) is 21.4. The highest BCUT2D eigenvalue weighted by Crippen LogP contribution is 2.30. The van der Waals surface area contributed by atoms with Crippen LogP contribution in [0.4, 0.5) is 17.6 Å². The van der Waals surface area contributed by atoms with E-state index >= 15 is 0 Å². The van der Waals surface area contributed by atoms with Crippen molar-refractivity contribution in [3.8, 4) is 11.3 Å². The first-order valence-electron chi connectivity index (χ1n) is 12.1. The molecule has 0 spiro atoms. The fourth-order valence-electron chi connectivity index (χ4n) is 4.63. The molecule has 0 aliphatic carbocycles. The normalized spacial score (nSPS) is 18.9. The summed E-state index contributed by atoms with van der Waals surface area (Å²) in [7, 11) is 0. The smallest absolute Gasteiger partial charge is 0.228 e. The first-order chi connectivity index (χ1) is 16.6. The van der Waals surface area contributed by atoms with Crippen LogP contribution >= 0.6 is 11.6 Å². The number of benzene rings is 1. The second-order valence-corrected chi connectivity index (χ2v) is 9.27. The summed E-state index contributed by atoms with van der Waals surface area (Å²) in [6.45, 7) is 9.91. The average molecular weight is 479 g/mol. The monoisotopic (exact) mass is 478 g/mol. The molecule has 0 amide bonds. The molecule has 1 aromatic carbocycles. The largest absolute Gasteiger partial charge is 0.378 e. The summed E-state index contributed by atoms with van der Waals surface area (Å²) < 4.78 is 5.56. The number of halogens is 1. The molecule has 178 valence electrons.